The fraction of sp³-hybridized carbons (Fsp3) is 0.652. The first-order chi connectivity index (χ1) is 15.2. The minimum atomic E-state index is 0. The summed E-state index contributed by atoms with van der Waals surface area (Å²) in [6, 6.07) is 10.4. The van der Waals surface area contributed by atoms with E-state index in [1.807, 2.05) is 11.0 Å². The predicted molar refractivity (Wildman–Crippen MR) is 139 cm³/mol. The predicted octanol–water partition coefficient (Wildman–Crippen LogP) is 1.90. The van der Waals surface area contributed by atoms with Crippen LogP contribution in [0.3, 0.4) is 0 Å². The highest BCUT2D eigenvalue weighted by Gasteiger charge is 2.25. The lowest BCUT2D eigenvalue weighted by atomic mass is 10.1. The number of ether oxygens (including phenoxy) is 2. The fourth-order valence-electron chi connectivity index (χ4n) is 4.18. The van der Waals surface area contributed by atoms with E-state index in [-0.39, 0.29) is 29.9 Å². The van der Waals surface area contributed by atoms with E-state index < -0.39 is 0 Å². The zero-order valence-corrected chi connectivity index (χ0v) is 21.7. The summed E-state index contributed by atoms with van der Waals surface area (Å²) in [5, 5.41) is 3.37. The molecular formula is C23H38IN5O3. The SMILES string of the molecule is CN=C(NCCC(=O)N1CCN(c2ccccc2)CC1)N1CCC(COCCOC)C1.I. The van der Waals surface area contributed by atoms with Crippen LogP contribution in [0.2, 0.25) is 0 Å². The van der Waals surface area contributed by atoms with Gasteiger partial charge in [-0.05, 0) is 18.6 Å². The van der Waals surface area contributed by atoms with E-state index in [4.69, 9.17) is 9.47 Å². The van der Waals surface area contributed by atoms with Gasteiger partial charge in [-0.3, -0.25) is 9.79 Å². The van der Waals surface area contributed by atoms with Crippen LogP contribution in [0.4, 0.5) is 5.69 Å². The highest BCUT2D eigenvalue weighted by atomic mass is 127. The van der Waals surface area contributed by atoms with Gasteiger partial charge in [0, 0.05) is 78.0 Å². The standard InChI is InChI=1S/C23H37N5O3.HI/c1-24-23(28-11-9-20(18-28)19-31-17-16-30-2)25-10-8-22(29)27-14-12-26(13-15-27)21-6-4-3-5-7-21;/h3-7,20H,8-19H2,1-2H3,(H,24,25);1H. The van der Waals surface area contributed by atoms with Crippen LogP contribution in [0.1, 0.15) is 12.8 Å². The summed E-state index contributed by atoms with van der Waals surface area (Å²) in [5.74, 6) is 1.60. The van der Waals surface area contributed by atoms with Crippen molar-refractivity contribution in [2.75, 3.05) is 84.7 Å². The maximum absolute atomic E-state index is 12.6. The minimum absolute atomic E-state index is 0. The lowest BCUT2D eigenvalue weighted by molar-refractivity contribution is -0.131. The molecule has 1 N–H and O–H groups in total. The summed E-state index contributed by atoms with van der Waals surface area (Å²) in [5.41, 5.74) is 1.23. The van der Waals surface area contributed by atoms with Crippen molar-refractivity contribution in [1.82, 2.24) is 15.1 Å². The number of methoxy groups -OCH3 is 1. The first-order valence-electron chi connectivity index (χ1n) is 11.3. The van der Waals surface area contributed by atoms with E-state index in [1.165, 1.54) is 5.69 Å². The molecule has 0 aromatic heterocycles. The zero-order chi connectivity index (χ0) is 21.9. The number of benzene rings is 1. The summed E-state index contributed by atoms with van der Waals surface area (Å²) in [6.07, 6.45) is 1.58. The summed E-state index contributed by atoms with van der Waals surface area (Å²) in [4.78, 5) is 23.6. The monoisotopic (exact) mass is 559 g/mol. The Hall–Kier alpha value is -1.59. The lowest BCUT2D eigenvalue weighted by Gasteiger charge is -2.36. The Labute approximate surface area is 209 Å². The molecule has 2 fully saturated rings. The third-order valence-electron chi connectivity index (χ3n) is 5.96. The van der Waals surface area contributed by atoms with Gasteiger partial charge in [0.25, 0.3) is 0 Å². The van der Waals surface area contributed by atoms with Gasteiger partial charge in [0.15, 0.2) is 5.96 Å². The van der Waals surface area contributed by atoms with Gasteiger partial charge in [0.2, 0.25) is 5.91 Å². The number of aliphatic imine (C=N–C) groups is 1. The number of hydrogen-bond donors (Lipinski definition) is 1. The fourth-order valence-corrected chi connectivity index (χ4v) is 4.18. The molecule has 8 nitrogen and oxygen atoms in total. The van der Waals surface area contributed by atoms with E-state index in [9.17, 15) is 4.79 Å². The number of carbonyl (C=O) groups excluding carboxylic acids is 1. The molecule has 0 spiro atoms. The molecule has 1 unspecified atom stereocenters. The molecule has 2 aliphatic heterocycles. The molecule has 2 saturated heterocycles. The summed E-state index contributed by atoms with van der Waals surface area (Å²) in [7, 11) is 3.49. The number of guanidine groups is 1. The number of nitrogens with zero attached hydrogens (tertiary/aromatic N) is 4. The largest absolute Gasteiger partial charge is 0.382 e. The molecule has 0 saturated carbocycles. The van der Waals surface area contributed by atoms with E-state index >= 15 is 0 Å². The zero-order valence-electron chi connectivity index (χ0n) is 19.4. The summed E-state index contributed by atoms with van der Waals surface area (Å²) in [6.45, 7) is 7.85. The first kappa shape index (κ1) is 26.7. The second-order valence-corrected chi connectivity index (χ2v) is 8.10. The molecular weight excluding hydrogens is 521 g/mol. The Balaban J connectivity index is 0.00000363. The molecule has 32 heavy (non-hydrogen) atoms. The number of rotatable bonds is 9. The Morgan fingerprint density at radius 3 is 2.53 bits per heavy atom. The van der Waals surface area contributed by atoms with Crippen molar-refractivity contribution in [3.63, 3.8) is 0 Å². The minimum Gasteiger partial charge on any atom is -0.382 e. The number of carbonyl (C=O) groups is 1. The molecule has 0 bridgehead atoms. The average Bonchev–Trinajstić information content (AvgIpc) is 3.29. The molecule has 1 atom stereocenters. The molecule has 1 aromatic carbocycles. The van der Waals surface area contributed by atoms with Crippen molar-refractivity contribution >= 4 is 41.5 Å². The normalized spacial score (nSPS) is 19.1. The number of halogens is 1. The van der Waals surface area contributed by atoms with Crippen molar-refractivity contribution < 1.29 is 14.3 Å². The Bertz CT molecular complexity index is 698. The number of nitrogens with one attached hydrogen (secondary N) is 1. The molecule has 2 aliphatic rings. The van der Waals surface area contributed by atoms with Gasteiger partial charge in [-0.15, -0.1) is 24.0 Å². The third-order valence-corrected chi connectivity index (χ3v) is 5.96. The maximum Gasteiger partial charge on any atom is 0.224 e. The van der Waals surface area contributed by atoms with Gasteiger partial charge >= 0.3 is 0 Å². The topological polar surface area (TPSA) is 69.6 Å². The molecule has 1 amide bonds. The lowest BCUT2D eigenvalue weighted by Crippen LogP contribution is -2.49. The molecule has 1 aromatic rings. The van der Waals surface area contributed by atoms with Crippen LogP contribution in [0.25, 0.3) is 0 Å². The van der Waals surface area contributed by atoms with Crippen LogP contribution in [0, 0.1) is 5.92 Å². The van der Waals surface area contributed by atoms with E-state index in [0.29, 0.717) is 32.1 Å². The second-order valence-electron chi connectivity index (χ2n) is 8.10. The maximum atomic E-state index is 12.6. The smallest absolute Gasteiger partial charge is 0.224 e. The summed E-state index contributed by atoms with van der Waals surface area (Å²) < 4.78 is 10.7. The second kappa shape index (κ2) is 14.5. The number of likely N-dealkylation sites (tertiary alicyclic amines) is 1. The van der Waals surface area contributed by atoms with Crippen LogP contribution in [-0.2, 0) is 14.3 Å². The van der Waals surface area contributed by atoms with Gasteiger partial charge < -0.3 is 29.5 Å². The van der Waals surface area contributed by atoms with Gasteiger partial charge in [0.05, 0.1) is 19.8 Å². The van der Waals surface area contributed by atoms with E-state index in [0.717, 1.165) is 58.3 Å². The first-order valence-corrected chi connectivity index (χ1v) is 11.3. The Morgan fingerprint density at radius 2 is 1.84 bits per heavy atom. The molecule has 0 radical (unpaired) electrons. The van der Waals surface area contributed by atoms with Crippen molar-refractivity contribution in [3.8, 4) is 0 Å². The van der Waals surface area contributed by atoms with Gasteiger partial charge in [-0.1, -0.05) is 18.2 Å². The van der Waals surface area contributed by atoms with Crippen molar-refractivity contribution in [1.29, 1.82) is 0 Å². The molecule has 2 heterocycles. The van der Waals surface area contributed by atoms with Gasteiger partial charge in [-0.25, -0.2) is 0 Å². The molecule has 9 heteroatoms. The third kappa shape index (κ3) is 8.08. The van der Waals surface area contributed by atoms with Gasteiger partial charge in [0.1, 0.15) is 0 Å². The molecule has 0 aliphatic carbocycles. The van der Waals surface area contributed by atoms with Crippen LogP contribution >= 0.6 is 24.0 Å². The number of piperazine rings is 1. The van der Waals surface area contributed by atoms with E-state index in [1.54, 1.807) is 14.2 Å². The summed E-state index contributed by atoms with van der Waals surface area (Å²) >= 11 is 0. The highest BCUT2D eigenvalue weighted by Crippen LogP contribution is 2.17. The van der Waals surface area contributed by atoms with Crippen molar-refractivity contribution in [2.45, 2.75) is 12.8 Å². The van der Waals surface area contributed by atoms with Crippen LogP contribution < -0.4 is 10.2 Å². The molecule has 3 rings (SSSR count). The van der Waals surface area contributed by atoms with Crippen LogP contribution in [0.5, 0.6) is 0 Å². The molecule has 180 valence electrons. The van der Waals surface area contributed by atoms with Gasteiger partial charge in [-0.2, -0.15) is 0 Å². The van der Waals surface area contributed by atoms with E-state index in [2.05, 4.69) is 44.4 Å². The van der Waals surface area contributed by atoms with Crippen LogP contribution in [-0.4, -0.2) is 101 Å². The number of hydrogen-bond acceptors (Lipinski definition) is 5. The quantitative estimate of drug-likeness (QED) is 0.216. The number of anilines is 1. The van der Waals surface area contributed by atoms with Crippen LogP contribution in [0.15, 0.2) is 35.3 Å². The van der Waals surface area contributed by atoms with Crippen molar-refractivity contribution in [3.05, 3.63) is 30.3 Å². The Morgan fingerprint density at radius 1 is 1.09 bits per heavy atom. The highest BCUT2D eigenvalue weighted by molar-refractivity contribution is 14.0. The Kier molecular flexibility index (Phi) is 12.1. The average molecular weight is 559 g/mol. The number of para-hydroxylation sites is 1. The number of amides is 1. The van der Waals surface area contributed by atoms with Crippen molar-refractivity contribution in [2.24, 2.45) is 10.9 Å².